The van der Waals surface area contributed by atoms with E-state index in [2.05, 4.69) is 11.1 Å². The van der Waals surface area contributed by atoms with Gasteiger partial charge in [-0.2, -0.15) is 5.26 Å². The number of pyridine rings is 1. The number of rotatable bonds is 5. The van der Waals surface area contributed by atoms with Crippen molar-refractivity contribution < 1.29 is 0 Å². The first kappa shape index (κ1) is 17.9. The van der Waals surface area contributed by atoms with Crippen LogP contribution in [0.1, 0.15) is 42.5 Å². The van der Waals surface area contributed by atoms with E-state index in [9.17, 15) is 10.1 Å². The number of aromatic nitrogens is 3. The van der Waals surface area contributed by atoms with E-state index < -0.39 is 0 Å². The SMILES string of the molecule is N#Cc1cc2c(nc1SCCCn1c(=O)[nH]c3ccccc31)CCCCC2. The second-order valence-electron chi connectivity index (χ2n) is 6.92. The van der Waals surface area contributed by atoms with Crippen molar-refractivity contribution in [3.05, 3.63) is 57.6 Å². The van der Waals surface area contributed by atoms with Crippen molar-refractivity contribution in [1.29, 1.82) is 5.26 Å². The standard InChI is InChI=1S/C21H22N4OS/c22-14-16-13-15-7-2-1-3-8-17(15)23-20(16)27-12-6-11-25-19-10-5-4-9-18(19)24-21(25)26/h4-5,9-10,13H,1-3,6-8,11-12H2,(H,24,26). The van der Waals surface area contributed by atoms with Crippen LogP contribution in [0.15, 0.2) is 40.2 Å². The van der Waals surface area contributed by atoms with Gasteiger partial charge in [0.25, 0.3) is 0 Å². The summed E-state index contributed by atoms with van der Waals surface area (Å²) in [5.41, 5.74) is 4.84. The summed E-state index contributed by atoms with van der Waals surface area (Å²) in [7, 11) is 0. The van der Waals surface area contributed by atoms with E-state index in [-0.39, 0.29) is 5.69 Å². The molecule has 1 N–H and O–H groups in total. The van der Waals surface area contributed by atoms with Gasteiger partial charge in [0.05, 0.1) is 16.6 Å². The number of hydrogen-bond acceptors (Lipinski definition) is 4. The first-order valence-corrected chi connectivity index (χ1v) is 10.5. The zero-order chi connectivity index (χ0) is 18.6. The minimum Gasteiger partial charge on any atom is -0.306 e. The molecule has 0 amide bonds. The third-order valence-electron chi connectivity index (χ3n) is 5.08. The molecule has 0 aliphatic heterocycles. The van der Waals surface area contributed by atoms with Gasteiger partial charge < -0.3 is 4.98 Å². The lowest BCUT2D eigenvalue weighted by Crippen LogP contribution is -2.17. The second kappa shape index (κ2) is 8.01. The Kier molecular flexibility index (Phi) is 5.30. The van der Waals surface area contributed by atoms with E-state index >= 15 is 0 Å². The normalized spacial score (nSPS) is 13.9. The van der Waals surface area contributed by atoms with Crippen molar-refractivity contribution in [2.75, 3.05) is 5.75 Å². The average molecular weight is 379 g/mol. The Hall–Kier alpha value is -2.52. The minimum absolute atomic E-state index is 0.0675. The smallest absolute Gasteiger partial charge is 0.306 e. The number of imidazole rings is 1. The molecule has 3 aromatic rings. The fourth-order valence-electron chi connectivity index (χ4n) is 3.70. The van der Waals surface area contributed by atoms with Gasteiger partial charge in [0.15, 0.2) is 0 Å². The predicted octanol–water partition coefficient (Wildman–Crippen LogP) is 4.05. The van der Waals surface area contributed by atoms with Crippen molar-refractivity contribution in [2.45, 2.75) is 50.1 Å². The number of hydrogen-bond donors (Lipinski definition) is 1. The molecular formula is C21H22N4OS. The maximum absolute atomic E-state index is 12.1. The molecule has 0 radical (unpaired) electrons. The van der Waals surface area contributed by atoms with Gasteiger partial charge in [0, 0.05) is 18.0 Å². The van der Waals surface area contributed by atoms with Crippen molar-refractivity contribution in [3.8, 4) is 6.07 Å². The van der Waals surface area contributed by atoms with Crippen LogP contribution in [0.4, 0.5) is 0 Å². The van der Waals surface area contributed by atoms with E-state index in [0.717, 1.165) is 41.1 Å². The molecule has 1 aliphatic carbocycles. The molecule has 0 unspecified atom stereocenters. The molecule has 0 fully saturated rings. The van der Waals surface area contributed by atoms with Gasteiger partial charge in [0.2, 0.25) is 0 Å². The van der Waals surface area contributed by atoms with E-state index in [1.165, 1.54) is 30.5 Å². The lowest BCUT2D eigenvalue weighted by Gasteiger charge is -2.10. The maximum atomic E-state index is 12.1. The van der Waals surface area contributed by atoms with Crippen LogP contribution in [0.5, 0.6) is 0 Å². The highest BCUT2D eigenvalue weighted by atomic mass is 32.2. The first-order valence-electron chi connectivity index (χ1n) is 9.49. The minimum atomic E-state index is -0.0675. The number of para-hydroxylation sites is 2. The van der Waals surface area contributed by atoms with Gasteiger partial charge in [0.1, 0.15) is 11.1 Å². The molecule has 1 aromatic carbocycles. The molecule has 0 atom stereocenters. The second-order valence-corrected chi connectivity index (χ2v) is 8.00. The highest BCUT2D eigenvalue weighted by Gasteiger charge is 2.14. The summed E-state index contributed by atoms with van der Waals surface area (Å²) in [6.45, 7) is 0.655. The van der Waals surface area contributed by atoms with E-state index in [0.29, 0.717) is 12.1 Å². The fourth-order valence-corrected chi connectivity index (χ4v) is 4.60. The Labute approximate surface area is 162 Å². The number of aromatic amines is 1. The van der Waals surface area contributed by atoms with Gasteiger partial charge >= 0.3 is 5.69 Å². The molecule has 2 aromatic heterocycles. The van der Waals surface area contributed by atoms with E-state index in [1.807, 2.05) is 30.3 Å². The summed E-state index contributed by atoms with van der Waals surface area (Å²) in [5, 5.41) is 10.3. The zero-order valence-corrected chi connectivity index (χ0v) is 16.0. The Balaban J connectivity index is 1.44. The molecule has 0 saturated heterocycles. The molecule has 4 rings (SSSR count). The molecule has 5 nitrogen and oxygen atoms in total. The molecule has 27 heavy (non-hydrogen) atoms. The van der Waals surface area contributed by atoms with E-state index in [1.54, 1.807) is 16.3 Å². The van der Waals surface area contributed by atoms with Crippen molar-refractivity contribution in [1.82, 2.24) is 14.5 Å². The molecule has 6 heteroatoms. The molecule has 0 saturated carbocycles. The quantitative estimate of drug-likeness (QED) is 0.413. The summed E-state index contributed by atoms with van der Waals surface area (Å²) in [6, 6.07) is 12.1. The van der Waals surface area contributed by atoms with Gasteiger partial charge in [-0.15, -0.1) is 11.8 Å². The van der Waals surface area contributed by atoms with Gasteiger partial charge in [-0.05, 0) is 55.9 Å². The Bertz CT molecular complexity index is 1060. The Morgan fingerprint density at radius 2 is 2.07 bits per heavy atom. The van der Waals surface area contributed by atoms with Crippen LogP contribution < -0.4 is 5.69 Å². The zero-order valence-electron chi connectivity index (χ0n) is 15.2. The topological polar surface area (TPSA) is 74.5 Å². The molecule has 1 aliphatic rings. The largest absolute Gasteiger partial charge is 0.326 e. The average Bonchev–Trinajstić information content (AvgIpc) is 2.85. The number of nitrogens with one attached hydrogen (secondary N) is 1. The van der Waals surface area contributed by atoms with Crippen LogP contribution in [0.25, 0.3) is 11.0 Å². The molecule has 0 spiro atoms. The molecule has 2 heterocycles. The number of aryl methyl sites for hydroxylation is 3. The maximum Gasteiger partial charge on any atom is 0.326 e. The summed E-state index contributed by atoms with van der Waals surface area (Å²) < 4.78 is 1.78. The number of H-pyrrole nitrogens is 1. The van der Waals surface area contributed by atoms with E-state index in [4.69, 9.17) is 4.98 Å². The lowest BCUT2D eigenvalue weighted by atomic mass is 10.1. The number of nitriles is 1. The monoisotopic (exact) mass is 378 g/mol. The highest BCUT2D eigenvalue weighted by Crippen LogP contribution is 2.27. The number of benzene rings is 1. The Morgan fingerprint density at radius 1 is 1.22 bits per heavy atom. The van der Waals surface area contributed by atoms with Crippen LogP contribution in [-0.2, 0) is 19.4 Å². The van der Waals surface area contributed by atoms with Crippen LogP contribution in [-0.4, -0.2) is 20.3 Å². The summed E-state index contributed by atoms with van der Waals surface area (Å²) >= 11 is 1.63. The van der Waals surface area contributed by atoms with Crippen LogP contribution in [0.2, 0.25) is 0 Å². The number of thioether (sulfide) groups is 1. The molecular weight excluding hydrogens is 356 g/mol. The third-order valence-corrected chi connectivity index (χ3v) is 6.16. The number of fused-ring (bicyclic) bond motifs is 2. The predicted molar refractivity (Wildman–Crippen MR) is 108 cm³/mol. The van der Waals surface area contributed by atoms with Crippen LogP contribution >= 0.6 is 11.8 Å². The summed E-state index contributed by atoms with van der Waals surface area (Å²) in [5.74, 6) is 0.826. The third kappa shape index (κ3) is 3.79. The van der Waals surface area contributed by atoms with Crippen molar-refractivity contribution in [3.63, 3.8) is 0 Å². The van der Waals surface area contributed by atoms with Crippen LogP contribution in [0, 0.1) is 11.3 Å². The molecule has 138 valence electrons. The summed E-state index contributed by atoms with van der Waals surface area (Å²) in [6.07, 6.45) is 6.49. The van der Waals surface area contributed by atoms with Crippen molar-refractivity contribution in [2.24, 2.45) is 0 Å². The van der Waals surface area contributed by atoms with Gasteiger partial charge in [-0.1, -0.05) is 18.6 Å². The lowest BCUT2D eigenvalue weighted by molar-refractivity contribution is 0.679. The molecule has 0 bridgehead atoms. The Morgan fingerprint density at radius 3 is 2.96 bits per heavy atom. The van der Waals surface area contributed by atoms with Gasteiger partial charge in [-0.3, -0.25) is 4.57 Å². The first-order chi connectivity index (χ1) is 13.3. The summed E-state index contributed by atoms with van der Waals surface area (Å²) in [4.78, 5) is 19.8. The van der Waals surface area contributed by atoms with Crippen molar-refractivity contribution >= 4 is 22.8 Å². The fraction of sp³-hybridized carbons (Fsp3) is 0.381. The highest BCUT2D eigenvalue weighted by molar-refractivity contribution is 7.99. The number of nitrogens with zero attached hydrogens (tertiary/aromatic N) is 3. The van der Waals surface area contributed by atoms with Gasteiger partial charge in [-0.25, -0.2) is 9.78 Å². The van der Waals surface area contributed by atoms with Crippen LogP contribution in [0.3, 0.4) is 0 Å².